The zero-order valence-electron chi connectivity index (χ0n) is 8.32. The van der Waals surface area contributed by atoms with Gasteiger partial charge in [0.2, 0.25) is 5.76 Å². The second kappa shape index (κ2) is 3.74. The smallest absolute Gasteiger partial charge is 0.373 e. The minimum Gasteiger partial charge on any atom is -0.463 e. The Morgan fingerprint density at radius 2 is 2.27 bits per heavy atom. The third kappa shape index (κ3) is 1.71. The lowest BCUT2D eigenvalue weighted by Crippen LogP contribution is -1.97. The van der Waals surface area contributed by atoms with E-state index in [1.54, 1.807) is 12.1 Å². The molecular formula is C11H11NO3. The average Bonchev–Trinajstić information content (AvgIpc) is 2.70. The summed E-state index contributed by atoms with van der Waals surface area (Å²) >= 11 is 0. The van der Waals surface area contributed by atoms with Crippen LogP contribution in [0.4, 0.5) is 0 Å². The number of furan rings is 1. The molecule has 0 bridgehead atoms. The molecule has 2 rings (SSSR count). The van der Waals surface area contributed by atoms with Crippen molar-refractivity contribution in [1.82, 2.24) is 0 Å². The van der Waals surface area contributed by atoms with Gasteiger partial charge in [-0.3, -0.25) is 0 Å². The molecule has 1 aromatic carbocycles. The fourth-order valence-corrected chi connectivity index (χ4v) is 1.42. The van der Waals surface area contributed by atoms with Crippen molar-refractivity contribution < 1.29 is 13.9 Å². The molecule has 0 radical (unpaired) electrons. The van der Waals surface area contributed by atoms with Crippen LogP contribution < -0.4 is 5.73 Å². The van der Waals surface area contributed by atoms with Crippen molar-refractivity contribution in [3.05, 3.63) is 35.6 Å². The van der Waals surface area contributed by atoms with Gasteiger partial charge in [-0.15, -0.1) is 0 Å². The minimum absolute atomic E-state index is 0.210. The molecule has 0 unspecified atom stereocenters. The summed E-state index contributed by atoms with van der Waals surface area (Å²) in [6.07, 6.45) is 0. The van der Waals surface area contributed by atoms with Crippen LogP contribution in [0.15, 0.2) is 28.7 Å². The molecule has 0 aliphatic carbocycles. The summed E-state index contributed by atoms with van der Waals surface area (Å²) in [5, 5.41) is 0.860. The van der Waals surface area contributed by atoms with Gasteiger partial charge in [-0.25, -0.2) is 4.79 Å². The van der Waals surface area contributed by atoms with Gasteiger partial charge in [0.1, 0.15) is 5.58 Å². The van der Waals surface area contributed by atoms with Crippen molar-refractivity contribution in [2.45, 2.75) is 6.54 Å². The van der Waals surface area contributed by atoms with Crippen LogP contribution in [0.5, 0.6) is 0 Å². The number of fused-ring (bicyclic) bond motifs is 1. The largest absolute Gasteiger partial charge is 0.463 e. The molecule has 78 valence electrons. The number of methoxy groups -OCH3 is 1. The summed E-state index contributed by atoms with van der Waals surface area (Å²) in [4.78, 5) is 11.2. The van der Waals surface area contributed by atoms with E-state index in [2.05, 4.69) is 4.74 Å². The molecule has 15 heavy (non-hydrogen) atoms. The molecule has 1 heterocycles. The van der Waals surface area contributed by atoms with Gasteiger partial charge in [-0.05, 0) is 23.8 Å². The number of hydrogen-bond acceptors (Lipinski definition) is 4. The van der Waals surface area contributed by atoms with Crippen LogP contribution in [0.25, 0.3) is 11.0 Å². The number of esters is 1. The van der Waals surface area contributed by atoms with Crippen molar-refractivity contribution in [1.29, 1.82) is 0 Å². The van der Waals surface area contributed by atoms with Gasteiger partial charge in [0.25, 0.3) is 0 Å². The van der Waals surface area contributed by atoms with Crippen molar-refractivity contribution >= 4 is 16.9 Å². The summed E-state index contributed by atoms with van der Waals surface area (Å²) < 4.78 is 9.87. The molecule has 0 saturated carbocycles. The van der Waals surface area contributed by atoms with Crippen LogP contribution >= 0.6 is 0 Å². The Bertz CT molecular complexity index is 502. The van der Waals surface area contributed by atoms with Crippen LogP contribution in [-0.2, 0) is 11.3 Å². The molecule has 0 amide bonds. The van der Waals surface area contributed by atoms with Gasteiger partial charge < -0.3 is 14.9 Å². The third-order valence-corrected chi connectivity index (χ3v) is 2.20. The fourth-order valence-electron chi connectivity index (χ4n) is 1.42. The van der Waals surface area contributed by atoms with Gasteiger partial charge in [-0.2, -0.15) is 0 Å². The number of benzene rings is 1. The average molecular weight is 205 g/mol. The highest BCUT2D eigenvalue weighted by molar-refractivity contribution is 5.92. The molecular weight excluding hydrogens is 194 g/mol. The molecule has 2 N–H and O–H groups in total. The van der Waals surface area contributed by atoms with Crippen molar-refractivity contribution in [2.24, 2.45) is 5.73 Å². The lowest BCUT2D eigenvalue weighted by Gasteiger charge is -1.94. The first-order chi connectivity index (χ1) is 7.24. The summed E-state index contributed by atoms with van der Waals surface area (Å²) in [7, 11) is 1.32. The van der Waals surface area contributed by atoms with Gasteiger partial charge in [0.15, 0.2) is 0 Å². The first-order valence-corrected chi connectivity index (χ1v) is 4.55. The van der Waals surface area contributed by atoms with Crippen molar-refractivity contribution in [3.63, 3.8) is 0 Å². The molecule has 1 aromatic heterocycles. The second-order valence-electron chi connectivity index (χ2n) is 3.18. The number of hydrogen-bond donors (Lipinski definition) is 1. The highest BCUT2D eigenvalue weighted by atomic mass is 16.5. The Kier molecular flexibility index (Phi) is 2.43. The number of nitrogens with two attached hydrogens (primary N) is 1. The van der Waals surface area contributed by atoms with Gasteiger partial charge in [-0.1, -0.05) is 6.07 Å². The minimum atomic E-state index is -0.472. The molecule has 0 spiro atoms. The number of carbonyl (C=O) groups excluding carboxylic acids is 1. The van der Waals surface area contributed by atoms with Crippen LogP contribution in [0.1, 0.15) is 16.1 Å². The number of ether oxygens (including phenoxy) is 1. The first kappa shape index (κ1) is 9.73. The Morgan fingerprint density at radius 1 is 1.47 bits per heavy atom. The maximum Gasteiger partial charge on any atom is 0.373 e. The predicted octanol–water partition coefficient (Wildman–Crippen LogP) is 1.68. The van der Waals surface area contributed by atoms with E-state index in [1.165, 1.54) is 7.11 Å². The highest BCUT2D eigenvalue weighted by Crippen LogP contribution is 2.21. The fraction of sp³-hybridized carbons (Fsp3) is 0.182. The topological polar surface area (TPSA) is 65.5 Å². The monoisotopic (exact) mass is 205 g/mol. The summed E-state index contributed by atoms with van der Waals surface area (Å²) in [6, 6.07) is 7.21. The quantitative estimate of drug-likeness (QED) is 0.757. The Balaban J connectivity index is 2.51. The normalized spacial score (nSPS) is 10.5. The van der Waals surface area contributed by atoms with E-state index < -0.39 is 5.97 Å². The molecule has 0 aliphatic rings. The Labute approximate surface area is 86.6 Å². The van der Waals surface area contributed by atoms with E-state index in [4.69, 9.17) is 10.2 Å². The molecule has 4 heteroatoms. The molecule has 0 atom stereocenters. The van der Waals surface area contributed by atoms with Crippen molar-refractivity contribution in [3.8, 4) is 0 Å². The first-order valence-electron chi connectivity index (χ1n) is 4.55. The maximum atomic E-state index is 11.2. The molecule has 2 aromatic rings. The van der Waals surface area contributed by atoms with Gasteiger partial charge in [0.05, 0.1) is 7.11 Å². The second-order valence-corrected chi connectivity index (χ2v) is 3.18. The van der Waals surface area contributed by atoms with E-state index in [1.807, 2.05) is 12.1 Å². The lowest BCUT2D eigenvalue weighted by molar-refractivity contribution is 0.0567. The van der Waals surface area contributed by atoms with E-state index in [0.717, 1.165) is 10.9 Å². The van der Waals surface area contributed by atoms with Crippen LogP contribution in [0.3, 0.4) is 0 Å². The van der Waals surface area contributed by atoms with Crippen LogP contribution in [0, 0.1) is 0 Å². The molecule has 0 aliphatic heterocycles. The molecule has 0 fully saturated rings. The summed E-state index contributed by atoms with van der Waals surface area (Å²) in [5.41, 5.74) is 7.17. The van der Waals surface area contributed by atoms with E-state index in [9.17, 15) is 4.79 Å². The Hall–Kier alpha value is -1.81. The zero-order chi connectivity index (χ0) is 10.8. The van der Waals surface area contributed by atoms with Crippen LogP contribution in [0.2, 0.25) is 0 Å². The van der Waals surface area contributed by atoms with Crippen molar-refractivity contribution in [2.75, 3.05) is 7.11 Å². The molecule has 4 nitrogen and oxygen atoms in total. The summed E-state index contributed by atoms with van der Waals surface area (Å²) in [5.74, 6) is -0.262. The SMILES string of the molecule is COC(=O)c1cc2cc(CN)ccc2o1. The number of rotatable bonds is 2. The summed E-state index contributed by atoms with van der Waals surface area (Å²) in [6.45, 7) is 0.467. The zero-order valence-corrected chi connectivity index (χ0v) is 8.32. The van der Waals surface area contributed by atoms with Gasteiger partial charge in [0, 0.05) is 11.9 Å². The Morgan fingerprint density at radius 3 is 2.93 bits per heavy atom. The van der Waals surface area contributed by atoms with E-state index in [-0.39, 0.29) is 5.76 Å². The standard InChI is InChI=1S/C11H11NO3/c1-14-11(13)10-5-8-4-7(6-12)2-3-9(8)15-10/h2-5H,6,12H2,1H3. The highest BCUT2D eigenvalue weighted by Gasteiger charge is 2.11. The number of carbonyl (C=O) groups is 1. The molecule has 0 saturated heterocycles. The lowest BCUT2D eigenvalue weighted by atomic mass is 10.1. The predicted molar refractivity (Wildman–Crippen MR) is 55.4 cm³/mol. The maximum absolute atomic E-state index is 11.2. The van der Waals surface area contributed by atoms with E-state index in [0.29, 0.717) is 12.1 Å². The van der Waals surface area contributed by atoms with E-state index >= 15 is 0 Å². The third-order valence-electron chi connectivity index (χ3n) is 2.20. The van der Waals surface area contributed by atoms with Gasteiger partial charge >= 0.3 is 5.97 Å². The van der Waals surface area contributed by atoms with Crippen LogP contribution in [-0.4, -0.2) is 13.1 Å².